The van der Waals surface area contributed by atoms with Crippen LogP contribution in [-0.2, 0) is 24.7 Å². The fourth-order valence-corrected chi connectivity index (χ4v) is 1.95. The highest BCUT2D eigenvalue weighted by molar-refractivity contribution is 7.89. The van der Waals surface area contributed by atoms with Crippen molar-refractivity contribution >= 4 is 20.5 Å². The highest BCUT2D eigenvalue weighted by atomic mass is 32.3. The average Bonchev–Trinajstić information content (AvgIpc) is 1.83. The van der Waals surface area contributed by atoms with Gasteiger partial charge < -0.3 is 0 Å². The van der Waals surface area contributed by atoms with E-state index in [0.29, 0.717) is 0 Å². The molecule has 74 valence electrons. The Bertz CT molecular complexity index is 319. The second-order valence-electron chi connectivity index (χ2n) is 1.69. The second kappa shape index (κ2) is 4.12. The molecule has 0 spiro atoms. The van der Waals surface area contributed by atoms with Crippen LogP contribution >= 0.6 is 0 Å². The van der Waals surface area contributed by atoms with E-state index in [0.717, 1.165) is 4.72 Å². The van der Waals surface area contributed by atoms with Crippen molar-refractivity contribution in [1.29, 1.82) is 0 Å². The minimum Gasteiger partial charge on any atom is -0.269 e. The van der Waals surface area contributed by atoms with Crippen LogP contribution in [0.5, 0.6) is 0 Å². The summed E-state index contributed by atoms with van der Waals surface area (Å²) in [6.07, 6.45) is 0. The first kappa shape index (κ1) is 11.8. The molecule has 0 radical (unpaired) electrons. The Morgan fingerprint density at radius 2 is 1.83 bits per heavy atom. The first-order valence-electron chi connectivity index (χ1n) is 2.83. The molecule has 12 heavy (non-hydrogen) atoms. The molecule has 0 aromatic rings. The molecule has 0 saturated heterocycles. The molecule has 0 aromatic heterocycles. The highest BCUT2D eigenvalue weighted by Gasteiger charge is 2.14. The van der Waals surface area contributed by atoms with Crippen LogP contribution < -0.4 is 4.72 Å². The van der Waals surface area contributed by atoms with Gasteiger partial charge in [-0.25, -0.2) is 0 Å². The molecule has 0 fully saturated rings. The first-order valence-corrected chi connectivity index (χ1v) is 5.79. The molecule has 1 N–H and O–H groups in total. The summed E-state index contributed by atoms with van der Waals surface area (Å²) in [6, 6.07) is 0. The molecule has 0 atom stereocenters. The monoisotopic (exact) mass is 221 g/mol. The zero-order chi connectivity index (χ0) is 9.83. The Balaban J connectivity index is 4.12. The predicted molar refractivity (Wildman–Crippen MR) is 38.6 cm³/mol. The van der Waals surface area contributed by atoms with E-state index in [9.17, 15) is 20.7 Å². The molecule has 0 bridgehead atoms. The molecule has 0 aliphatic rings. The third-order valence-electron chi connectivity index (χ3n) is 0.706. The summed E-state index contributed by atoms with van der Waals surface area (Å²) in [5.74, 6) is -1.10. The lowest BCUT2D eigenvalue weighted by molar-refractivity contribution is 0.337. The van der Waals surface area contributed by atoms with E-state index in [-0.39, 0.29) is 6.61 Å². The molecule has 0 aliphatic carbocycles. The standard InChI is InChI=1S/C3H8FNO5S2/c1-2-10-11(6,7)3-5-12(4,8)9/h5H,2-3H2,1H3. The smallest absolute Gasteiger partial charge is 0.269 e. The molecule has 0 rings (SSSR count). The van der Waals surface area contributed by atoms with Crippen molar-refractivity contribution in [1.82, 2.24) is 4.72 Å². The van der Waals surface area contributed by atoms with E-state index >= 15 is 0 Å². The van der Waals surface area contributed by atoms with E-state index in [1.807, 2.05) is 0 Å². The van der Waals surface area contributed by atoms with Gasteiger partial charge in [-0.15, -0.1) is 0 Å². The molecule has 6 nitrogen and oxygen atoms in total. The van der Waals surface area contributed by atoms with Gasteiger partial charge in [0.25, 0.3) is 10.1 Å². The van der Waals surface area contributed by atoms with Crippen LogP contribution in [0.15, 0.2) is 0 Å². The Labute approximate surface area is 70.2 Å². The minimum absolute atomic E-state index is 0.129. The van der Waals surface area contributed by atoms with Crippen molar-refractivity contribution in [2.24, 2.45) is 0 Å². The number of hydrogen-bond donors (Lipinski definition) is 1. The number of nitrogens with one attached hydrogen (secondary N) is 1. The van der Waals surface area contributed by atoms with Crippen molar-refractivity contribution in [3.8, 4) is 0 Å². The van der Waals surface area contributed by atoms with Crippen molar-refractivity contribution in [2.75, 3.05) is 12.5 Å². The third-order valence-corrected chi connectivity index (χ3v) is 2.47. The average molecular weight is 221 g/mol. The van der Waals surface area contributed by atoms with Gasteiger partial charge in [-0.3, -0.25) is 4.18 Å². The zero-order valence-electron chi connectivity index (χ0n) is 6.15. The van der Waals surface area contributed by atoms with Crippen LogP contribution in [0.1, 0.15) is 6.92 Å². The van der Waals surface area contributed by atoms with Gasteiger partial charge in [-0.05, 0) is 6.92 Å². The Morgan fingerprint density at radius 3 is 2.17 bits per heavy atom. The second-order valence-corrected chi connectivity index (χ2v) is 4.49. The lowest BCUT2D eigenvalue weighted by Gasteiger charge is -2.01. The summed E-state index contributed by atoms with van der Waals surface area (Å²) in [4.78, 5) is 0. The fraction of sp³-hybridized carbons (Fsp3) is 1.00. The maximum absolute atomic E-state index is 11.7. The van der Waals surface area contributed by atoms with Gasteiger partial charge in [-0.2, -0.15) is 21.6 Å². The number of rotatable bonds is 5. The SMILES string of the molecule is CCOS(=O)(=O)CNS(=O)(=O)F. The molecular formula is C3H8FNO5S2. The summed E-state index contributed by atoms with van der Waals surface area (Å²) in [5.41, 5.74) is 0. The Kier molecular flexibility index (Phi) is 4.03. The Morgan fingerprint density at radius 1 is 1.33 bits per heavy atom. The molecule has 9 heteroatoms. The van der Waals surface area contributed by atoms with Crippen LogP contribution in [0.4, 0.5) is 3.89 Å². The first-order chi connectivity index (χ1) is 5.27. The van der Waals surface area contributed by atoms with E-state index in [1.54, 1.807) is 0 Å². The van der Waals surface area contributed by atoms with Gasteiger partial charge in [0.2, 0.25) is 0 Å². The van der Waals surface area contributed by atoms with Gasteiger partial charge in [0.05, 0.1) is 6.61 Å². The molecule has 0 unspecified atom stereocenters. The molecule has 0 aliphatic heterocycles. The maximum atomic E-state index is 11.7. The van der Waals surface area contributed by atoms with E-state index in [4.69, 9.17) is 0 Å². The lowest BCUT2D eigenvalue weighted by atomic mass is 10.9. The molecule has 0 amide bonds. The summed E-state index contributed by atoms with van der Waals surface area (Å²) in [7, 11) is -8.98. The largest absolute Gasteiger partial charge is 0.373 e. The molecule has 0 saturated carbocycles. The van der Waals surface area contributed by atoms with E-state index in [2.05, 4.69) is 4.18 Å². The quantitative estimate of drug-likeness (QED) is 0.480. The third kappa shape index (κ3) is 6.46. The van der Waals surface area contributed by atoms with Crippen molar-refractivity contribution in [2.45, 2.75) is 6.92 Å². The molecular weight excluding hydrogens is 213 g/mol. The number of halogens is 1. The van der Waals surface area contributed by atoms with Crippen LogP contribution in [0.25, 0.3) is 0 Å². The van der Waals surface area contributed by atoms with Crippen LogP contribution in [-0.4, -0.2) is 29.3 Å². The highest BCUT2D eigenvalue weighted by Crippen LogP contribution is 1.92. The summed E-state index contributed by atoms with van der Waals surface area (Å²) >= 11 is 0. The fourth-order valence-electron chi connectivity index (χ4n) is 0.364. The van der Waals surface area contributed by atoms with Crippen molar-refractivity contribution < 1.29 is 24.9 Å². The lowest BCUT2D eigenvalue weighted by Crippen LogP contribution is -2.27. The van der Waals surface area contributed by atoms with Gasteiger partial charge in [0.1, 0.15) is 5.88 Å². The molecule has 0 heterocycles. The molecule has 0 aromatic carbocycles. The van der Waals surface area contributed by atoms with E-state index in [1.165, 1.54) is 6.92 Å². The normalized spacial score (nSPS) is 13.2. The van der Waals surface area contributed by atoms with Gasteiger partial charge in [0, 0.05) is 0 Å². The summed E-state index contributed by atoms with van der Waals surface area (Å²) in [5, 5.41) is 0. The van der Waals surface area contributed by atoms with Crippen LogP contribution in [0, 0.1) is 0 Å². The topological polar surface area (TPSA) is 89.5 Å². The van der Waals surface area contributed by atoms with Crippen molar-refractivity contribution in [3.05, 3.63) is 0 Å². The van der Waals surface area contributed by atoms with Gasteiger partial charge in [-0.1, -0.05) is 3.89 Å². The van der Waals surface area contributed by atoms with E-state index < -0.39 is 26.4 Å². The van der Waals surface area contributed by atoms with Gasteiger partial charge in [0.15, 0.2) is 0 Å². The summed E-state index contributed by atoms with van der Waals surface area (Å²) in [6.45, 7) is 1.28. The minimum atomic E-state index is -4.98. The zero-order valence-corrected chi connectivity index (χ0v) is 7.78. The van der Waals surface area contributed by atoms with Crippen LogP contribution in [0.2, 0.25) is 0 Å². The summed E-state index contributed by atoms with van der Waals surface area (Å²) < 4.78 is 57.6. The maximum Gasteiger partial charge on any atom is 0.373 e. The predicted octanol–water partition coefficient (Wildman–Crippen LogP) is -0.886. The number of hydrogen-bond acceptors (Lipinski definition) is 5. The van der Waals surface area contributed by atoms with Crippen LogP contribution in [0.3, 0.4) is 0 Å². The van der Waals surface area contributed by atoms with Crippen molar-refractivity contribution in [3.63, 3.8) is 0 Å². The van der Waals surface area contributed by atoms with Gasteiger partial charge >= 0.3 is 10.4 Å². The Hall–Kier alpha value is -0.250.